The Balaban J connectivity index is 2.66. The first-order valence-electron chi connectivity index (χ1n) is 4.93. The molecule has 0 spiro atoms. The van der Waals surface area contributed by atoms with Gasteiger partial charge in [-0.15, -0.1) is 0 Å². The molecule has 0 aromatic carbocycles. The van der Waals surface area contributed by atoms with E-state index in [0.29, 0.717) is 11.3 Å². The maximum absolute atomic E-state index is 10.7. The van der Waals surface area contributed by atoms with Crippen LogP contribution in [0.5, 0.6) is 0 Å². The Morgan fingerprint density at radius 3 is 2.81 bits per heavy atom. The van der Waals surface area contributed by atoms with Gasteiger partial charge < -0.3 is 10.2 Å². The first-order valence-corrected chi connectivity index (χ1v) is 5.92. The minimum absolute atomic E-state index is 0.0749. The van der Waals surface area contributed by atoms with Gasteiger partial charge in [-0.05, 0) is 13.0 Å². The second kappa shape index (κ2) is 5.98. The Kier molecular flexibility index (Phi) is 4.92. The van der Waals surface area contributed by atoms with Crippen LogP contribution in [0.2, 0.25) is 0 Å². The third-order valence-electron chi connectivity index (χ3n) is 2.19. The average molecular weight is 241 g/mol. The summed E-state index contributed by atoms with van der Waals surface area (Å²) in [6, 6.07) is 3.42. The summed E-state index contributed by atoms with van der Waals surface area (Å²) in [5.74, 6) is 0.185. The van der Waals surface area contributed by atoms with Crippen LogP contribution in [-0.2, 0) is 4.79 Å². The zero-order valence-corrected chi connectivity index (χ0v) is 10.1. The van der Waals surface area contributed by atoms with E-state index in [1.807, 2.05) is 0 Å². The smallest absolute Gasteiger partial charge is 0.185 e. The minimum Gasteiger partial charge on any atom is -0.389 e. The van der Waals surface area contributed by atoms with E-state index in [2.05, 4.69) is 4.98 Å². The standard InChI is InChI=1S/C11H15NO3S/c1-7-9(4-3-5-12-7)11(15)10(14)6-16-8(2)13/h3-5,10-11,14-15H,6H2,1-2H3. The minimum atomic E-state index is -0.999. The fraction of sp³-hybridized carbons (Fsp3) is 0.455. The molecule has 4 nitrogen and oxygen atoms in total. The van der Waals surface area contributed by atoms with Crippen LogP contribution in [0.4, 0.5) is 0 Å². The molecule has 0 fully saturated rings. The molecule has 0 amide bonds. The highest BCUT2D eigenvalue weighted by Gasteiger charge is 2.20. The quantitative estimate of drug-likeness (QED) is 0.825. The van der Waals surface area contributed by atoms with Gasteiger partial charge in [0.25, 0.3) is 0 Å². The fourth-order valence-electron chi connectivity index (χ4n) is 1.31. The lowest BCUT2D eigenvalue weighted by molar-refractivity contribution is -0.109. The van der Waals surface area contributed by atoms with Crippen LogP contribution in [0.1, 0.15) is 24.3 Å². The molecular formula is C11H15NO3S. The van der Waals surface area contributed by atoms with Gasteiger partial charge in [0.1, 0.15) is 6.10 Å². The van der Waals surface area contributed by atoms with E-state index >= 15 is 0 Å². The summed E-state index contributed by atoms with van der Waals surface area (Å²) < 4.78 is 0. The van der Waals surface area contributed by atoms with E-state index in [1.165, 1.54) is 6.92 Å². The van der Waals surface area contributed by atoms with Crippen LogP contribution in [0.25, 0.3) is 0 Å². The molecule has 0 saturated heterocycles. The van der Waals surface area contributed by atoms with Crippen LogP contribution >= 0.6 is 11.8 Å². The van der Waals surface area contributed by atoms with Gasteiger partial charge in [-0.1, -0.05) is 17.8 Å². The maximum atomic E-state index is 10.7. The molecule has 0 bridgehead atoms. The van der Waals surface area contributed by atoms with Gasteiger partial charge in [0.2, 0.25) is 0 Å². The van der Waals surface area contributed by atoms with Gasteiger partial charge in [-0.25, -0.2) is 0 Å². The number of aryl methyl sites for hydroxylation is 1. The number of rotatable bonds is 4. The number of pyridine rings is 1. The van der Waals surface area contributed by atoms with Gasteiger partial charge in [0.05, 0.1) is 6.10 Å². The second-order valence-corrected chi connectivity index (χ2v) is 4.69. The molecule has 0 aliphatic carbocycles. The van der Waals surface area contributed by atoms with Crippen LogP contribution < -0.4 is 0 Å². The number of hydrogen-bond acceptors (Lipinski definition) is 5. The van der Waals surface area contributed by atoms with Gasteiger partial charge in [-0.3, -0.25) is 9.78 Å². The number of carbonyl (C=O) groups is 1. The number of aromatic nitrogens is 1. The predicted octanol–water partition coefficient (Wildman–Crippen LogP) is 1.06. The number of carbonyl (C=O) groups excluding carboxylic acids is 1. The van der Waals surface area contributed by atoms with Crippen molar-refractivity contribution >= 4 is 16.9 Å². The largest absolute Gasteiger partial charge is 0.389 e. The van der Waals surface area contributed by atoms with Gasteiger partial charge in [0.15, 0.2) is 5.12 Å². The van der Waals surface area contributed by atoms with Crippen molar-refractivity contribution in [1.82, 2.24) is 4.98 Å². The van der Waals surface area contributed by atoms with E-state index in [4.69, 9.17) is 0 Å². The van der Waals surface area contributed by atoms with Crippen molar-refractivity contribution in [1.29, 1.82) is 0 Å². The summed E-state index contributed by atoms with van der Waals surface area (Å²) in [5, 5.41) is 19.5. The van der Waals surface area contributed by atoms with Crippen molar-refractivity contribution in [3.63, 3.8) is 0 Å². The molecule has 1 aromatic rings. The Morgan fingerprint density at radius 1 is 1.56 bits per heavy atom. The summed E-state index contributed by atoms with van der Waals surface area (Å²) in [6.07, 6.45) is -0.334. The third-order valence-corrected chi connectivity index (χ3v) is 3.10. The molecule has 0 saturated carbocycles. The number of nitrogens with zero attached hydrogens (tertiary/aromatic N) is 1. The van der Waals surface area contributed by atoms with Crippen molar-refractivity contribution in [2.24, 2.45) is 0 Å². The summed E-state index contributed by atoms with van der Waals surface area (Å²) in [4.78, 5) is 14.8. The highest BCUT2D eigenvalue weighted by molar-refractivity contribution is 8.13. The molecule has 16 heavy (non-hydrogen) atoms. The highest BCUT2D eigenvalue weighted by atomic mass is 32.2. The molecular weight excluding hydrogens is 226 g/mol. The van der Waals surface area contributed by atoms with Gasteiger partial charge in [0, 0.05) is 30.1 Å². The third kappa shape index (κ3) is 3.59. The normalized spacial score (nSPS) is 14.5. The summed E-state index contributed by atoms with van der Waals surface area (Å²) in [5.41, 5.74) is 1.28. The van der Waals surface area contributed by atoms with Gasteiger partial charge >= 0.3 is 0 Å². The molecule has 88 valence electrons. The van der Waals surface area contributed by atoms with Crippen molar-refractivity contribution in [2.45, 2.75) is 26.1 Å². The van der Waals surface area contributed by atoms with Crippen molar-refractivity contribution in [2.75, 3.05) is 5.75 Å². The number of thioether (sulfide) groups is 1. The van der Waals surface area contributed by atoms with Crippen molar-refractivity contribution in [3.8, 4) is 0 Å². The molecule has 1 rings (SSSR count). The van der Waals surface area contributed by atoms with E-state index in [0.717, 1.165) is 11.8 Å². The molecule has 1 aromatic heterocycles. The fourth-order valence-corrected chi connectivity index (χ4v) is 1.90. The van der Waals surface area contributed by atoms with E-state index < -0.39 is 12.2 Å². The molecule has 2 N–H and O–H groups in total. The number of hydrogen-bond donors (Lipinski definition) is 2. The monoisotopic (exact) mass is 241 g/mol. The Bertz CT molecular complexity index is 370. The molecule has 2 atom stereocenters. The van der Waals surface area contributed by atoms with Crippen LogP contribution in [0.15, 0.2) is 18.3 Å². The highest BCUT2D eigenvalue weighted by Crippen LogP contribution is 2.21. The first-order chi connectivity index (χ1) is 7.52. The van der Waals surface area contributed by atoms with Crippen LogP contribution in [0, 0.1) is 6.92 Å². The van der Waals surface area contributed by atoms with E-state index in [9.17, 15) is 15.0 Å². The Morgan fingerprint density at radius 2 is 2.25 bits per heavy atom. The van der Waals surface area contributed by atoms with Crippen molar-refractivity contribution in [3.05, 3.63) is 29.6 Å². The molecule has 0 aliphatic heterocycles. The molecule has 0 radical (unpaired) electrons. The van der Waals surface area contributed by atoms with E-state index in [-0.39, 0.29) is 10.9 Å². The van der Waals surface area contributed by atoms with Crippen molar-refractivity contribution < 1.29 is 15.0 Å². The zero-order valence-electron chi connectivity index (χ0n) is 9.25. The Labute approximate surface area is 98.7 Å². The number of aliphatic hydroxyl groups excluding tert-OH is 2. The molecule has 1 heterocycles. The lowest BCUT2D eigenvalue weighted by Crippen LogP contribution is -2.22. The SMILES string of the molecule is CC(=O)SCC(O)C(O)c1cccnc1C. The molecule has 5 heteroatoms. The first kappa shape index (κ1) is 13.2. The van der Waals surface area contributed by atoms with Crippen LogP contribution in [-0.4, -0.2) is 32.2 Å². The second-order valence-electron chi connectivity index (χ2n) is 3.49. The molecule has 2 unspecified atom stereocenters. The van der Waals surface area contributed by atoms with E-state index in [1.54, 1.807) is 25.3 Å². The topological polar surface area (TPSA) is 70.4 Å². The van der Waals surface area contributed by atoms with Gasteiger partial charge in [-0.2, -0.15) is 0 Å². The maximum Gasteiger partial charge on any atom is 0.185 e. The molecule has 0 aliphatic rings. The summed E-state index contributed by atoms with van der Waals surface area (Å²) >= 11 is 0.999. The van der Waals surface area contributed by atoms with Crippen LogP contribution in [0.3, 0.4) is 0 Å². The summed E-state index contributed by atoms with van der Waals surface area (Å²) in [7, 11) is 0. The Hall–Kier alpha value is -0.910. The lowest BCUT2D eigenvalue weighted by Gasteiger charge is -2.18. The lowest BCUT2D eigenvalue weighted by atomic mass is 10.0. The predicted molar refractivity (Wildman–Crippen MR) is 63.1 cm³/mol. The zero-order chi connectivity index (χ0) is 12.1. The summed E-state index contributed by atoms with van der Waals surface area (Å²) in [6.45, 7) is 3.20. The average Bonchev–Trinajstić information content (AvgIpc) is 2.25. The number of aliphatic hydroxyl groups is 2.